The second-order valence-corrected chi connectivity index (χ2v) is 6.40. The molecule has 2 aromatic carbocycles. The molecule has 0 aliphatic heterocycles. The summed E-state index contributed by atoms with van der Waals surface area (Å²) in [6.45, 7) is 2.04. The molecule has 1 aliphatic rings. The molecule has 0 radical (unpaired) electrons. The van der Waals surface area contributed by atoms with E-state index in [4.69, 9.17) is 0 Å². The van der Waals surface area contributed by atoms with Gasteiger partial charge in [0.2, 0.25) is 0 Å². The molecule has 0 saturated carbocycles. The number of aryl methyl sites for hydroxylation is 2. The quantitative estimate of drug-likeness (QED) is 0.780. The van der Waals surface area contributed by atoms with Crippen molar-refractivity contribution in [3.8, 4) is 5.69 Å². The van der Waals surface area contributed by atoms with Crippen LogP contribution in [-0.2, 0) is 19.3 Å². The van der Waals surface area contributed by atoms with Crippen molar-refractivity contribution in [2.24, 2.45) is 0 Å². The monoisotopic (exact) mass is 331 g/mol. The molecule has 3 aromatic rings. The molecule has 1 amide bonds. The SMILES string of the molecule is CCc1c(C(=O)Nc2ccc3c(c2)CCC3)cnn1-c1ccccc1. The van der Waals surface area contributed by atoms with E-state index in [2.05, 4.69) is 22.5 Å². The summed E-state index contributed by atoms with van der Waals surface area (Å²) in [5.41, 5.74) is 6.14. The maximum atomic E-state index is 12.8. The van der Waals surface area contributed by atoms with Gasteiger partial charge in [0.1, 0.15) is 0 Å². The molecule has 0 unspecified atom stereocenters. The van der Waals surface area contributed by atoms with E-state index in [0.29, 0.717) is 5.56 Å². The van der Waals surface area contributed by atoms with Crippen LogP contribution in [0.4, 0.5) is 5.69 Å². The molecule has 1 aromatic heterocycles. The zero-order valence-corrected chi connectivity index (χ0v) is 14.3. The van der Waals surface area contributed by atoms with Crippen LogP contribution in [0.15, 0.2) is 54.7 Å². The van der Waals surface area contributed by atoms with Crippen LogP contribution >= 0.6 is 0 Å². The predicted octanol–water partition coefficient (Wildman–Crippen LogP) is 4.18. The van der Waals surface area contributed by atoms with Gasteiger partial charge in [0.25, 0.3) is 5.91 Å². The first-order valence-corrected chi connectivity index (χ1v) is 8.81. The molecule has 1 aliphatic carbocycles. The molecule has 0 atom stereocenters. The maximum absolute atomic E-state index is 12.8. The lowest BCUT2D eigenvalue weighted by Crippen LogP contribution is -2.14. The van der Waals surface area contributed by atoms with Gasteiger partial charge < -0.3 is 5.32 Å². The highest BCUT2D eigenvalue weighted by atomic mass is 16.1. The number of amides is 1. The fourth-order valence-corrected chi connectivity index (χ4v) is 3.54. The van der Waals surface area contributed by atoms with E-state index < -0.39 is 0 Å². The first-order valence-electron chi connectivity index (χ1n) is 8.81. The van der Waals surface area contributed by atoms with E-state index in [0.717, 1.165) is 36.3 Å². The minimum atomic E-state index is -0.100. The van der Waals surface area contributed by atoms with Gasteiger partial charge in [-0.3, -0.25) is 4.79 Å². The third-order valence-electron chi connectivity index (χ3n) is 4.81. The molecule has 0 bridgehead atoms. The van der Waals surface area contributed by atoms with Gasteiger partial charge in [-0.15, -0.1) is 0 Å². The van der Waals surface area contributed by atoms with Gasteiger partial charge in [-0.2, -0.15) is 5.10 Å². The van der Waals surface area contributed by atoms with Crippen molar-refractivity contribution in [2.45, 2.75) is 32.6 Å². The van der Waals surface area contributed by atoms with E-state index in [9.17, 15) is 4.79 Å². The van der Waals surface area contributed by atoms with Crippen molar-refractivity contribution in [3.05, 3.63) is 77.1 Å². The summed E-state index contributed by atoms with van der Waals surface area (Å²) < 4.78 is 1.84. The summed E-state index contributed by atoms with van der Waals surface area (Å²) in [6, 6.07) is 16.1. The van der Waals surface area contributed by atoms with Crippen molar-refractivity contribution < 1.29 is 4.79 Å². The first kappa shape index (κ1) is 15.6. The number of rotatable bonds is 4. The Bertz CT molecular complexity index is 912. The molecule has 4 rings (SSSR count). The number of nitrogens with zero attached hydrogens (tertiary/aromatic N) is 2. The average Bonchev–Trinajstić information content (AvgIpc) is 3.28. The number of hydrogen-bond donors (Lipinski definition) is 1. The summed E-state index contributed by atoms with van der Waals surface area (Å²) in [4.78, 5) is 12.8. The standard InChI is InChI=1S/C21H21N3O/c1-2-20-19(14-22-24(20)18-9-4-3-5-10-18)21(25)23-17-12-11-15-7-6-8-16(15)13-17/h3-5,9-14H,2,6-8H2,1H3,(H,23,25). The highest BCUT2D eigenvalue weighted by Crippen LogP contribution is 2.25. The Morgan fingerprint density at radius 2 is 1.92 bits per heavy atom. The van der Waals surface area contributed by atoms with Crippen molar-refractivity contribution in [1.29, 1.82) is 0 Å². The molecule has 0 saturated heterocycles. The van der Waals surface area contributed by atoms with Crippen molar-refractivity contribution in [2.75, 3.05) is 5.32 Å². The topological polar surface area (TPSA) is 46.9 Å². The zero-order valence-electron chi connectivity index (χ0n) is 14.3. The number of fused-ring (bicyclic) bond motifs is 1. The Balaban J connectivity index is 1.61. The molecule has 1 N–H and O–H groups in total. The van der Waals surface area contributed by atoms with Crippen LogP contribution in [0.3, 0.4) is 0 Å². The third kappa shape index (κ3) is 2.95. The molecule has 1 heterocycles. The Labute approximate surface area is 147 Å². The van der Waals surface area contributed by atoms with Crippen LogP contribution in [0.1, 0.15) is 40.5 Å². The van der Waals surface area contributed by atoms with Gasteiger partial charge in [0, 0.05) is 5.69 Å². The molecule has 126 valence electrons. The van der Waals surface area contributed by atoms with E-state index in [1.807, 2.05) is 48.0 Å². The number of anilines is 1. The molecule has 0 fully saturated rings. The van der Waals surface area contributed by atoms with Crippen molar-refractivity contribution in [1.82, 2.24) is 9.78 Å². The van der Waals surface area contributed by atoms with Crippen LogP contribution in [0.5, 0.6) is 0 Å². The van der Waals surface area contributed by atoms with E-state index >= 15 is 0 Å². The Hall–Kier alpha value is -2.88. The van der Waals surface area contributed by atoms with E-state index in [-0.39, 0.29) is 5.91 Å². The third-order valence-corrected chi connectivity index (χ3v) is 4.81. The minimum absolute atomic E-state index is 0.100. The van der Waals surface area contributed by atoms with E-state index in [1.165, 1.54) is 17.5 Å². The number of aromatic nitrogens is 2. The number of benzene rings is 2. The number of para-hydroxylation sites is 1. The highest BCUT2D eigenvalue weighted by Gasteiger charge is 2.18. The van der Waals surface area contributed by atoms with Crippen molar-refractivity contribution >= 4 is 11.6 Å². The van der Waals surface area contributed by atoms with Gasteiger partial charge >= 0.3 is 0 Å². The minimum Gasteiger partial charge on any atom is -0.322 e. The average molecular weight is 331 g/mol. The van der Waals surface area contributed by atoms with E-state index in [1.54, 1.807) is 6.20 Å². The van der Waals surface area contributed by atoms with Gasteiger partial charge in [-0.25, -0.2) is 4.68 Å². The zero-order chi connectivity index (χ0) is 17.2. The fourth-order valence-electron chi connectivity index (χ4n) is 3.54. The van der Waals surface area contributed by atoms with Crippen LogP contribution in [-0.4, -0.2) is 15.7 Å². The Morgan fingerprint density at radius 1 is 1.12 bits per heavy atom. The summed E-state index contributed by atoms with van der Waals surface area (Å²) in [5.74, 6) is -0.100. The Morgan fingerprint density at radius 3 is 2.72 bits per heavy atom. The first-order chi connectivity index (χ1) is 12.3. The number of carbonyl (C=O) groups is 1. The van der Waals surface area contributed by atoms with Crippen LogP contribution in [0.2, 0.25) is 0 Å². The summed E-state index contributed by atoms with van der Waals surface area (Å²) in [5, 5.41) is 7.47. The van der Waals surface area contributed by atoms with Crippen molar-refractivity contribution in [3.63, 3.8) is 0 Å². The highest BCUT2D eigenvalue weighted by molar-refractivity contribution is 6.05. The molecule has 4 nitrogen and oxygen atoms in total. The number of carbonyl (C=O) groups excluding carboxylic acids is 1. The lowest BCUT2D eigenvalue weighted by atomic mass is 10.1. The molecule has 25 heavy (non-hydrogen) atoms. The Kier molecular flexibility index (Phi) is 4.10. The lowest BCUT2D eigenvalue weighted by Gasteiger charge is -2.09. The fraction of sp³-hybridized carbons (Fsp3) is 0.238. The summed E-state index contributed by atoms with van der Waals surface area (Å²) in [6.07, 6.45) is 5.85. The second kappa shape index (κ2) is 6.55. The molecule has 4 heteroatoms. The normalized spacial score (nSPS) is 12.8. The second-order valence-electron chi connectivity index (χ2n) is 6.40. The smallest absolute Gasteiger partial charge is 0.259 e. The summed E-state index contributed by atoms with van der Waals surface area (Å²) in [7, 11) is 0. The maximum Gasteiger partial charge on any atom is 0.259 e. The number of hydrogen-bond acceptors (Lipinski definition) is 2. The molecule has 0 spiro atoms. The lowest BCUT2D eigenvalue weighted by molar-refractivity contribution is 0.102. The number of nitrogens with one attached hydrogen (secondary N) is 1. The van der Waals surface area contributed by atoms with Gasteiger partial charge in [0.15, 0.2) is 0 Å². The van der Waals surface area contributed by atoms with Crippen LogP contribution < -0.4 is 5.32 Å². The van der Waals surface area contributed by atoms with Crippen LogP contribution in [0, 0.1) is 0 Å². The van der Waals surface area contributed by atoms with Crippen LogP contribution in [0.25, 0.3) is 5.69 Å². The largest absolute Gasteiger partial charge is 0.322 e. The van der Waals surface area contributed by atoms with Gasteiger partial charge in [-0.1, -0.05) is 31.2 Å². The van der Waals surface area contributed by atoms with Gasteiger partial charge in [0.05, 0.1) is 23.1 Å². The summed E-state index contributed by atoms with van der Waals surface area (Å²) >= 11 is 0. The molecular formula is C21H21N3O. The molecular weight excluding hydrogens is 310 g/mol. The van der Waals surface area contributed by atoms with Gasteiger partial charge in [-0.05, 0) is 61.1 Å². The predicted molar refractivity (Wildman–Crippen MR) is 99.4 cm³/mol.